The minimum absolute atomic E-state index is 0.0494. The number of carbonyl (C=O) groups excluding carboxylic acids is 1. The molecule has 3 rings (SSSR count). The summed E-state index contributed by atoms with van der Waals surface area (Å²) in [5, 5.41) is 2.68. The maximum absolute atomic E-state index is 12.8. The lowest BCUT2D eigenvalue weighted by Gasteiger charge is -2.11. The Bertz CT molecular complexity index is 1190. The van der Waals surface area contributed by atoms with Crippen molar-refractivity contribution in [3.8, 4) is 0 Å². The van der Waals surface area contributed by atoms with E-state index in [9.17, 15) is 18.0 Å². The number of nitrogens with zero attached hydrogens (tertiary/aromatic N) is 2. The third-order valence-corrected chi connectivity index (χ3v) is 6.60. The summed E-state index contributed by atoms with van der Waals surface area (Å²) in [6, 6.07) is 13.9. The summed E-state index contributed by atoms with van der Waals surface area (Å²) in [7, 11) is -3.45. The van der Waals surface area contributed by atoms with Crippen molar-refractivity contribution in [1.29, 1.82) is 0 Å². The zero-order valence-corrected chi connectivity index (χ0v) is 17.4. The molecule has 1 amide bonds. The fraction of sp³-hybridized carbons (Fsp3) is 0.333. The molecular weight excluding hydrogens is 390 g/mol. The maximum atomic E-state index is 12.8. The maximum Gasteiger partial charge on any atom is 0.329 e. The van der Waals surface area contributed by atoms with Gasteiger partial charge < -0.3 is 5.32 Å². The lowest BCUT2D eigenvalue weighted by Crippen LogP contribution is -2.26. The van der Waals surface area contributed by atoms with Crippen LogP contribution in [0.5, 0.6) is 0 Å². The predicted octanol–water partition coefficient (Wildman–Crippen LogP) is 3.04. The van der Waals surface area contributed by atoms with Crippen molar-refractivity contribution in [2.75, 3.05) is 11.1 Å². The number of aromatic nitrogens is 2. The van der Waals surface area contributed by atoms with E-state index in [0.29, 0.717) is 6.54 Å². The van der Waals surface area contributed by atoms with Gasteiger partial charge in [0.25, 0.3) is 0 Å². The third-order valence-electron chi connectivity index (χ3n) is 4.81. The van der Waals surface area contributed by atoms with Crippen LogP contribution in [-0.2, 0) is 27.7 Å². The molecule has 0 bridgehead atoms. The molecular formula is C21H25N3O4S. The molecule has 0 fully saturated rings. The minimum atomic E-state index is -3.45. The molecule has 1 heterocycles. The molecule has 1 N–H and O–H groups in total. The first kappa shape index (κ1) is 20.9. The standard InChI is InChI=1S/C21H25N3O4S/c1-3-14-23-17-10-6-7-11-18(17)24(21(23)26)15-13-20(25)22-16-9-5-8-12-19(16)29(27,28)4-2/h5-12H,3-4,13-15H2,1-2H3,(H,22,25). The molecule has 0 atom stereocenters. The number of amides is 1. The van der Waals surface area contributed by atoms with E-state index in [1.165, 1.54) is 6.07 Å². The van der Waals surface area contributed by atoms with Gasteiger partial charge in [-0.1, -0.05) is 38.1 Å². The number of aryl methyl sites for hydroxylation is 2. The van der Waals surface area contributed by atoms with Gasteiger partial charge in [0, 0.05) is 19.5 Å². The highest BCUT2D eigenvalue weighted by molar-refractivity contribution is 7.91. The highest BCUT2D eigenvalue weighted by Gasteiger charge is 2.18. The van der Waals surface area contributed by atoms with Crippen LogP contribution < -0.4 is 11.0 Å². The molecule has 2 aromatic carbocycles. The van der Waals surface area contributed by atoms with Gasteiger partial charge in [-0.05, 0) is 30.7 Å². The second-order valence-corrected chi connectivity index (χ2v) is 9.02. The van der Waals surface area contributed by atoms with Crippen molar-refractivity contribution in [3.05, 3.63) is 59.0 Å². The zero-order chi connectivity index (χ0) is 21.0. The van der Waals surface area contributed by atoms with Gasteiger partial charge in [0.15, 0.2) is 9.84 Å². The number of rotatable bonds is 8. The van der Waals surface area contributed by atoms with Crippen LogP contribution in [0.4, 0.5) is 5.69 Å². The molecule has 0 spiro atoms. The summed E-state index contributed by atoms with van der Waals surface area (Å²) in [6.07, 6.45) is 0.887. The first-order chi connectivity index (χ1) is 13.9. The van der Waals surface area contributed by atoms with Crippen molar-refractivity contribution in [2.24, 2.45) is 0 Å². The van der Waals surface area contributed by atoms with Gasteiger partial charge in [-0.2, -0.15) is 0 Å². The molecule has 154 valence electrons. The van der Waals surface area contributed by atoms with Crippen LogP contribution in [0.2, 0.25) is 0 Å². The van der Waals surface area contributed by atoms with E-state index in [2.05, 4.69) is 5.32 Å². The summed E-state index contributed by atoms with van der Waals surface area (Å²) in [6.45, 7) is 4.39. The van der Waals surface area contributed by atoms with Crippen molar-refractivity contribution in [1.82, 2.24) is 9.13 Å². The molecule has 7 nitrogen and oxygen atoms in total. The zero-order valence-electron chi connectivity index (χ0n) is 16.6. The number of hydrogen-bond donors (Lipinski definition) is 1. The summed E-state index contributed by atoms with van der Waals surface area (Å²) in [4.78, 5) is 25.4. The number of benzene rings is 2. The van der Waals surface area contributed by atoms with E-state index >= 15 is 0 Å². The first-order valence-electron chi connectivity index (χ1n) is 9.68. The van der Waals surface area contributed by atoms with Gasteiger partial charge in [-0.3, -0.25) is 13.9 Å². The van der Waals surface area contributed by atoms with Crippen LogP contribution in [0.15, 0.2) is 58.2 Å². The fourth-order valence-electron chi connectivity index (χ4n) is 3.35. The highest BCUT2D eigenvalue weighted by Crippen LogP contribution is 2.22. The Hall–Kier alpha value is -2.87. The lowest BCUT2D eigenvalue weighted by atomic mass is 10.3. The van der Waals surface area contributed by atoms with E-state index < -0.39 is 9.84 Å². The van der Waals surface area contributed by atoms with Crippen molar-refractivity contribution >= 4 is 32.5 Å². The normalized spacial score (nSPS) is 11.7. The molecule has 0 aliphatic heterocycles. The lowest BCUT2D eigenvalue weighted by molar-refractivity contribution is -0.116. The minimum Gasteiger partial charge on any atom is -0.325 e. The van der Waals surface area contributed by atoms with Gasteiger partial charge in [-0.15, -0.1) is 0 Å². The van der Waals surface area contributed by atoms with E-state index in [1.807, 2.05) is 31.2 Å². The topological polar surface area (TPSA) is 90.2 Å². The Morgan fingerprint density at radius 1 is 0.931 bits per heavy atom. The van der Waals surface area contributed by atoms with Crippen LogP contribution >= 0.6 is 0 Å². The number of fused-ring (bicyclic) bond motifs is 1. The van der Waals surface area contributed by atoms with Crippen molar-refractivity contribution in [2.45, 2.75) is 44.7 Å². The number of sulfone groups is 1. The van der Waals surface area contributed by atoms with E-state index in [1.54, 1.807) is 34.3 Å². The van der Waals surface area contributed by atoms with E-state index in [-0.39, 0.29) is 40.9 Å². The van der Waals surface area contributed by atoms with E-state index in [4.69, 9.17) is 0 Å². The number of carbonyl (C=O) groups is 1. The molecule has 1 aromatic heterocycles. The summed E-state index contributed by atoms with van der Waals surface area (Å²) < 4.78 is 27.8. The van der Waals surface area contributed by atoms with Gasteiger partial charge in [0.1, 0.15) is 0 Å². The number of para-hydroxylation sites is 3. The summed E-state index contributed by atoms with van der Waals surface area (Å²) in [5.41, 5.74) is 1.75. The predicted molar refractivity (Wildman–Crippen MR) is 114 cm³/mol. The van der Waals surface area contributed by atoms with E-state index in [0.717, 1.165) is 17.5 Å². The fourth-order valence-corrected chi connectivity index (χ4v) is 4.40. The Balaban J connectivity index is 1.81. The Kier molecular flexibility index (Phi) is 6.22. The van der Waals surface area contributed by atoms with Crippen molar-refractivity contribution in [3.63, 3.8) is 0 Å². The molecule has 3 aromatic rings. The van der Waals surface area contributed by atoms with Crippen LogP contribution in [-0.4, -0.2) is 29.2 Å². The van der Waals surface area contributed by atoms with Crippen LogP contribution in [0.25, 0.3) is 11.0 Å². The highest BCUT2D eigenvalue weighted by atomic mass is 32.2. The van der Waals surface area contributed by atoms with Gasteiger partial charge in [-0.25, -0.2) is 13.2 Å². The average Bonchev–Trinajstić information content (AvgIpc) is 2.98. The number of nitrogens with one attached hydrogen (secondary N) is 1. The first-order valence-corrected chi connectivity index (χ1v) is 11.3. The van der Waals surface area contributed by atoms with Crippen LogP contribution in [0, 0.1) is 0 Å². The molecule has 0 aliphatic rings. The largest absolute Gasteiger partial charge is 0.329 e. The van der Waals surface area contributed by atoms with Gasteiger partial charge in [0.2, 0.25) is 5.91 Å². The summed E-state index contributed by atoms with van der Waals surface area (Å²) in [5.74, 6) is -0.394. The van der Waals surface area contributed by atoms with Crippen LogP contribution in [0.1, 0.15) is 26.7 Å². The molecule has 0 aliphatic carbocycles. The third kappa shape index (κ3) is 4.27. The quantitative estimate of drug-likeness (QED) is 0.612. The van der Waals surface area contributed by atoms with Gasteiger partial charge in [0.05, 0.1) is 27.4 Å². The SMILES string of the molecule is CCCn1c(=O)n(CCC(=O)Nc2ccccc2S(=O)(=O)CC)c2ccccc21. The second-order valence-electron chi connectivity index (χ2n) is 6.77. The number of imidazole rings is 1. The number of anilines is 1. The smallest absolute Gasteiger partial charge is 0.325 e. The van der Waals surface area contributed by atoms with Crippen molar-refractivity contribution < 1.29 is 13.2 Å². The summed E-state index contributed by atoms with van der Waals surface area (Å²) >= 11 is 0. The molecule has 0 unspecified atom stereocenters. The molecule has 29 heavy (non-hydrogen) atoms. The average molecular weight is 416 g/mol. The molecule has 0 radical (unpaired) electrons. The Labute approximate surface area is 169 Å². The molecule has 8 heteroatoms. The number of hydrogen-bond acceptors (Lipinski definition) is 4. The molecule has 0 saturated carbocycles. The molecule has 0 saturated heterocycles. The monoisotopic (exact) mass is 415 g/mol. The van der Waals surface area contributed by atoms with Crippen LogP contribution in [0.3, 0.4) is 0 Å². The van der Waals surface area contributed by atoms with Gasteiger partial charge >= 0.3 is 5.69 Å². The second kappa shape index (κ2) is 8.65. The Morgan fingerprint density at radius 3 is 2.14 bits per heavy atom. The Morgan fingerprint density at radius 2 is 1.52 bits per heavy atom.